The summed E-state index contributed by atoms with van der Waals surface area (Å²) >= 11 is 7.94. The zero-order valence-electron chi connectivity index (χ0n) is 25.1. The SMILES string of the molecule is CC(C)(CS[C@H](CCc1ccccc1C(C)(C)O)c1cccc(C=Cc2ccc3ccc(Cl)cc3n2)c1)CC(=O)[O-].[Na+]. The number of benzene rings is 3. The van der Waals surface area contributed by atoms with Gasteiger partial charge in [0.2, 0.25) is 0 Å². The number of carboxylic acid groups (broad SMARTS) is 1. The summed E-state index contributed by atoms with van der Waals surface area (Å²) in [6, 6.07) is 26.2. The molecule has 0 spiro atoms. The number of hydrogen-bond acceptors (Lipinski definition) is 5. The van der Waals surface area contributed by atoms with Gasteiger partial charge in [-0.3, -0.25) is 0 Å². The van der Waals surface area contributed by atoms with Gasteiger partial charge in [-0.1, -0.05) is 92.2 Å². The first-order valence-electron chi connectivity index (χ1n) is 13.9. The first-order valence-corrected chi connectivity index (χ1v) is 15.3. The predicted octanol–water partition coefficient (Wildman–Crippen LogP) is 4.86. The topological polar surface area (TPSA) is 73.2 Å². The van der Waals surface area contributed by atoms with Gasteiger partial charge in [-0.25, -0.2) is 4.98 Å². The van der Waals surface area contributed by atoms with Crippen molar-refractivity contribution in [3.8, 4) is 0 Å². The van der Waals surface area contributed by atoms with Crippen molar-refractivity contribution >= 4 is 52.4 Å². The van der Waals surface area contributed by atoms with Crippen LogP contribution in [0.4, 0.5) is 0 Å². The molecule has 0 aliphatic heterocycles. The van der Waals surface area contributed by atoms with Crippen molar-refractivity contribution in [2.75, 3.05) is 5.75 Å². The molecule has 42 heavy (non-hydrogen) atoms. The molecule has 0 fully saturated rings. The smallest absolute Gasteiger partial charge is 0.550 e. The number of rotatable bonds is 12. The van der Waals surface area contributed by atoms with Gasteiger partial charge in [0.05, 0.1) is 16.8 Å². The summed E-state index contributed by atoms with van der Waals surface area (Å²) in [5.41, 5.74) is 4.68. The van der Waals surface area contributed by atoms with Crippen LogP contribution in [-0.2, 0) is 16.8 Å². The minimum absolute atomic E-state index is 0. The van der Waals surface area contributed by atoms with Crippen LogP contribution in [0.2, 0.25) is 5.02 Å². The number of thioether (sulfide) groups is 1. The molecule has 7 heteroatoms. The van der Waals surface area contributed by atoms with E-state index in [0.29, 0.717) is 10.8 Å². The van der Waals surface area contributed by atoms with E-state index in [1.54, 1.807) is 11.8 Å². The average molecular weight is 610 g/mol. The van der Waals surface area contributed by atoms with Crippen molar-refractivity contribution in [3.05, 3.63) is 112 Å². The van der Waals surface area contributed by atoms with Gasteiger partial charge in [0.25, 0.3) is 0 Å². The summed E-state index contributed by atoms with van der Waals surface area (Å²) in [4.78, 5) is 16.1. The molecular formula is C35H37ClNNaO3S. The number of fused-ring (bicyclic) bond motifs is 1. The molecule has 1 aromatic heterocycles. The van der Waals surface area contributed by atoms with Crippen molar-refractivity contribution in [3.63, 3.8) is 0 Å². The number of pyridine rings is 1. The summed E-state index contributed by atoms with van der Waals surface area (Å²) in [5, 5.41) is 23.9. The van der Waals surface area contributed by atoms with Gasteiger partial charge in [0.1, 0.15) is 0 Å². The van der Waals surface area contributed by atoms with E-state index in [4.69, 9.17) is 16.6 Å². The molecule has 0 aliphatic rings. The molecule has 0 unspecified atom stereocenters. The largest absolute Gasteiger partial charge is 1.00 e. The van der Waals surface area contributed by atoms with E-state index < -0.39 is 17.0 Å². The second-order valence-corrected chi connectivity index (χ2v) is 13.5. The van der Waals surface area contributed by atoms with Crippen molar-refractivity contribution in [1.82, 2.24) is 4.98 Å². The third kappa shape index (κ3) is 9.97. The maximum Gasteiger partial charge on any atom is 1.00 e. The Kier molecular flexibility index (Phi) is 12.3. The van der Waals surface area contributed by atoms with Gasteiger partial charge in [-0.2, -0.15) is 11.8 Å². The number of halogens is 1. The molecule has 0 amide bonds. The van der Waals surface area contributed by atoms with Gasteiger partial charge in [-0.15, -0.1) is 0 Å². The second-order valence-electron chi connectivity index (χ2n) is 11.8. The third-order valence-corrected chi connectivity index (χ3v) is 9.15. The van der Waals surface area contributed by atoms with Crippen molar-refractivity contribution in [1.29, 1.82) is 0 Å². The summed E-state index contributed by atoms with van der Waals surface area (Å²) in [6.07, 6.45) is 5.72. The van der Waals surface area contributed by atoms with Crippen LogP contribution in [0.25, 0.3) is 23.1 Å². The van der Waals surface area contributed by atoms with Crippen LogP contribution in [0.15, 0.2) is 78.9 Å². The Bertz CT molecular complexity index is 1550. The first kappa shape index (κ1) is 34.4. The van der Waals surface area contributed by atoms with E-state index in [-0.39, 0.29) is 41.2 Å². The number of aromatic nitrogens is 1. The van der Waals surface area contributed by atoms with Gasteiger partial charge < -0.3 is 15.0 Å². The molecule has 4 nitrogen and oxygen atoms in total. The van der Waals surface area contributed by atoms with Gasteiger partial charge in [0.15, 0.2) is 0 Å². The molecule has 1 atom stereocenters. The molecule has 4 rings (SSSR count). The number of aryl methyl sites for hydroxylation is 1. The number of carboxylic acids is 1. The Hall–Kier alpha value is -2.12. The Morgan fingerprint density at radius 1 is 1.00 bits per heavy atom. The van der Waals surface area contributed by atoms with Crippen molar-refractivity contribution < 1.29 is 44.6 Å². The number of carbonyl (C=O) groups is 1. The number of nitrogens with zero attached hydrogens (tertiary/aromatic N) is 1. The molecule has 0 radical (unpaired) electrons. The standard InChI is InChI=1S/C35H38ClNO3S.Na/c1-34(2,22-33(38)39)23-41-32(19-15-25-9-5-6-11-30(25)35(3,4)40)27-10-7-8-24(20-27)12-17-29-18-14-26-13-16-28(36)21-31(26)37-29;/h5-14,16-18,20-21,32,40H,15,19,22-23H2,1-4H3,(H,38,39);/q;+1/p-1/t32-;/m1./s1. The minimum Gasteiger partial charge on any atom is -0.550 e. The second kappa shape index (κ2) is 15.1. The third-order valence-electron chi connectivity index (χ3n) is 7.06. The molecular weight excluding hydrogens is 573 g/mol. The Labute approximate surface area is 280 Å². The fourth-order valence-electron chi connectivity index (χ4n) is 4.98. The monoisotopic (exact) mass is 609 g/mol. The Morgan fingerprint density at radius 3 is 2.48 bits per heavy atom. The molecule has 1 heterocycles. The molecule has 214 valence electrons. The summed E-state index contributed by atoms with van der Waals surface area (Å²) in [5.74, 6) is -0.342. The van der Waals surface area contributed by atoms with Crippen molar-refractivity contribution in [2.24, 2.45) is 5.41 Å². The molecule has 0 aliphatic carbocycles. The van der Waals surface area contributed by atoms with Crippen molar-refractivity contribution in [2.45, 2.75) is 57.8 Å². The van der Waals surface area contributed by atoms with E-state index >= 15 is 0 Å². The first-order chi connectivity index (χ1) is 19.4. The summed E-state index contributed by atoms with van der Waals surface area (Å²) in [6.45, 7) is 7.57. The average Bonchev–Trinajstić information content (AvgIpc) is 2.90. The zero-order valence-corrected chi connectivity index (χ0v) is 28.6. The van der Waals surface area contributed by atoms with Gasteiger partial charge in [0, 0.05) is 21.6 Å². The van der Waals surface area contributed by atoms with Crippen LogP contribution in [0.3, 0.4) is 0 Å². The molecule has 0 saturated carbocycles. The zero-order chi connectivity index (χ0) is 29.6. The van der Waals surface area contributed by atoms with E-state index in [9.17, 15) is 15.0 Å². The maximum absolute atomic E-state index is 11.3. The van der Waals surface area contributed by atoms with Crippen LogP contribution >= 0.6 is 23.4 Å². The molecule has 0 bridgehead atoms. The number of carbonyl (C=O) groups excluding carboxylic acids is 1. The maximum atomic E-state index is 11.3. The Morgan fingerprint density at radius 2 is 1.74 bits per heavy atom. The van der Waals surface area contributed by atoms with E-state index in [0.717, 1.165) is 46.1 Å². The summed E-state index contributed by atoms with van der Waals surface area (Å²) in [7, 11) is 0. The quantitative estimate of drug-likeness (QED) is 0.232. The minimum atomic E-state index is -1.03. The van der Waals surface area contributed by atoms with E-state index in [2.05, 4.69) is 36.4 Å². The molecule has 1 N–H and O–H groups in total. The number of aliphatic carboxylic acids is 1. The number of hydrogen-bond donors (Lipinski definition) is 1. The van der Waals surface area contributed by atoms with Crippen LogP contribution in [0.1, 0.15) is 73.7 Å². The van der Waals surface area contributed by atoms with Crippen LogP contribution < -0.4 is 34.7 Å². The van der Waals surface area contributed by atoms with Gasteiger partial charge >= 0.3 is 29.6 Å². The summed E-state index contributed by atoms with van der Waals surface area (Å²) < 4.78 is 0. The number of aliphatic hydroxyl groups is 1. The Balaban J connectivity index is 0.00000484. The van der Waals surface area contributed by atoms with E-state index in [1.165, 1.54) is 5.56 Å². The molecule has 0 saturated heterocycles. The van der Waals surface area contributed by atoms with Crippen LogP contribution in [0.5, 0.6) is 0 Å². The fraction of sp³-hybridized carbons (Fsp3) is 0.314. The normalized spacial score (nSPS) is 12.8. The predicted molar refractivity (Wildman–Crippen MR) is 171 cm³/mol. The van der Waals surface area contributed by atoms with Gasteiger partial charge in [-0.05, 0) is 90.8 Å². The fourth-order valence-corrected chi connectivity index (χ4v) is 6.52. The molecule has 4 aromatic rings. The van der Waals surface area contributed by atoms with Crippen LogP contribution in [-0.4, -0.2) is 21.8 Å². The van der Waals surface area contributed by atoms with E-state index in [1.807, 2.05) is 82.3 Å². The molecule has 3 aromatic carbocycles. The van der Waals surface area contributed by atoms with Crippen LogP contribution in [0, 0.1) is 5.41 Å².